The van der Waals surface area contributed by atoms with E-state index in [1.54, 1.807) is 5.56 Å². The Bertz CT molecular complexity index is 1940. The van der Waals surface area contributed by atoms with E-state index in [2.05, 4.69) is 137 Å². The summed E-state index contributed by atoms with van der Waals surface area (Å²) in [6.07, 6.45) is 16.2. The summed E-state index contributed by atoms with van der Waals surface area (Å²) in [6.45, 7) is 9.89. The minimum absolute atomic E-state index is 0. The first-order chi connectivity index (χ1) is 24.6. The molecule has 2 saturated carbocycles. The number of rotatable bonds is 7. The summed E-state index contributed by atoms with van der Waals surface area (Å²) >= 11 is 1.36. The zero-order valence-electron chi connectivity index (χ0n) is 33.4. The molecular formula is C50H62Cl2SiZr-4. The molecule has 2 fully saturated rings. The third kappa shape index (κ3) is 11.4. The summed E-state index contributed by atoms with van der Waals surface area (Å²) in [6, 6.07) is 41.7. The summed E-state index contributed by atoms with van der Waals surface area (Å²) < 4.78 is 0. The molecule has 0 saturated heterocycles. The van der Waals surface area contributed by atoms with Crippen molar-refractivity contribution >= 4 is 53.2 Å². The van der Waals surface area contributed by atoms with Crippen LogP contribution in [0.4, 0.5) is 0 Å². The van der Waals surface area contributed by atoms with Gasteiger partial charge in [0.05, 0.1) is 0 Å². The van der Waals surface area contributed by atoms with Crippen molar-refractivity contribution in [2.75, 3.05) is 0 Å². The van der Waals surface area contributed by atoms with Crippen molar-refractivity contribution in [2.45, 2.75) is 116 Å². The second kappa shape index (κ2) is 23.8. The summed E-state index contributed by atoms with van der Waals surface area (Å²) in [7, 11) is 0. The van der Waals surface area contributed by atoms with E-state index >= 15 is 0 Å². The van der Waals surface area contributed by atoms with Crippen molar-refractivity contribution in [1.82, 2.24) is 0 Å². The maximum absolute atomic E-state index is 3.06. The van der Waals surface area contributed by atoms with Crippen molar-refractivity contribution in [1.29, 1.82) is 0 Å². The van der Waals surface area contributed by atoms with Crippen molar-refractivity contribution < 1.29 is 23.3 Å². The van der Waals surface area contributed by atoms with Crippen LogP contribution in [0.5, 0.6) is 0 Å². The van der Waals surface area contributed by atoms with Gasteiger partial charge in [0, 0.05) is 0 Å². The first-order valence-electron chi connectivity index (χ1n) is 19.4. The Kier molecular flexibility index (Phi) is 21.1. The van der Waals surface area contributed by atoms with Gasteiger partial charge in [-0.3, -0.25) is 0 Å². The first-order valence-corrected chi connectivity index (χ1v) is 23.6. The Morgan fingerprint density at radius 2 is 1.02 bits per heavy atom. The van der Waals surface area contributed by atoms with Gasteiger partial charge in [-0.1, -0.05) is 138 Å². The van der Waals surface area contributed by atoms with E-state index in [9.17, 15) is 0 Å². The fourth-order valence-electron chi connectivity index (χ4n) is 8.52. The van der Waals surface area contributed by atoms with Gasteiger partial charge in [-0.05, 0) is 72.1 Å². The molecule has 2 aliphatic rings. The number of fused-ring (bicyclic) bond motifs is 2. The molecule has 1 atom stereocenters. The van der Waals surface area contributed by atoms with Crippen LogP contribution in [-0.2, 0) is 29.8 Å². The topological polar surface area (TPSA) is 0 Å². The van der Waals surface area contributed by atoms with E-state index in [1.807, 2.05) is 0 Å². The molecule has 1 unspecified atom stereocenters. The normalized spacial score (nSPS) is 14.8. The van der Waals surface area contributed by atoms with E-state index in [0.29, 0.717) is 5.92 Å². The molecule has 4 heteroatoms. The van der Waals surface area contributed by atoms with Gasteiger partial charge >= 0.3 is 30.2 Å². The number of hydrogen-bond donors (Lipinski definition) is 0. The Labute approximate surface area is 358 Å². The number of halogens is 2. The summed E-state index contributed by atoms with van der Waals surface area (Å²) in [4.78, 5) is 0. The molecule has 6 aromatic carbocycles. The zero-order valence-corrected chi connectivity index (χ0v) is 38.5. The summed E-state index contributed by atoms with van der Waals surface area (Å²) in [5, 5.41) is 5.55. The van der Waals surface area contributed by atoms with Crippen LogP contribution in [0.2, 0.25) is 0 Å². The molecule has 0 nitrogen and oxygen atoms in total. The number of hydrogen-bond acceptors (Lipinski definition) is 0. The molecule has 6 aromatic rings. The van der Waals surface area contributed by atoms with Gasteiger partial charge in [0.25, 0.3) is 0 Å². The van der Waals surface area contributed by atoms with Crippen LogP contribution in [-0.4, -0.2) is 6.88 Å². The molecule has 0 aliphatic heterocycles. The molecule has 288 valence electrons. The van der Waals surface area contributed by atoms with Crippen LogP contribution in [0.25, 0.3) is 43.8 Å². The van der Waals surface area contributed by atoms with Gasteiger partial charge in [-0.25, -0.2) is 0 Å². The van der Waals surface area contributed by atoms with Gasteiger partial charge in [-0.15, -0.1) is 93.9 Å². The Balaban J connectivity index is 0.000000334. The molecule has 0 bridgehead atoms. The molecule has 8 rings (SSSR count). The number of benzene rings is 4. The number of aryl methyl sites for hydroxylation is 1. The SMILES string of the molecule is CCC(C)c1cc2c(-c3ccc(C4CCCCC4)cc3)cccc2[cH-]1.CCc1cc2c(-c3ccc(C4CCCCC4)cc3)cccc2[cH-]1.Cl.Cl.[CH3-].[CH3-].[Si]=[Zr]. The Hall–Kier alpha value is -2.22. The third-order valence-electron chi connectivity index (χ3n) is 11.8. The molecule has 2 aliphatic carbocycles. The average molecular weight is 853 g/mol. The van der Waals surface area contributed by atoms with Gasteiger partial charge in [0.2, 0.25) is 0 Å². The predicted molar refractivity (Wildman–Crippen MR) is 243 cm³/mol. The van der Waals surface area contributed by atoms with Crippen molar-refractivity contribution in [3.63, 3.8) is 0 Å². The van der Waals surface area contributed by atoms with Gasteiger partial charge in [0.15, 0.2) is 0 Å². The molecule has 0 heterocycles. The van der Waals surface area contributed by atoms with Crippen LogP contribution >= 0.6 is 24.8 Å². The van der Waals surface area contributed by atoms with Crippen LogP contribution in [0.1, 0.15) is 131 Å². The average Bonchev–Trinajstić information content (AvgIpc) is 3.84. The third-order valence-corrected chi connectivity index (χ3v) is 11.8. The standard InChI is InChI=1S/C25H29.C23H25.2CH3.2ClH.Si.Zr/c1-3-18(2)23-16-22-10-7-11-24(25(22)17-23)21-14-12-20(13-15-21)19-8-5-4-6-9-19;1-2-17-15-21-9-6-10-22(23(21)16-17)20-13-11-19(12-14-20)18-7-4-3-5-8-18;;;;;;/h7,10-19H,3-6,8-9H2,1-2H3;6,9-16,18H,2-5,7-8H2,1H3;2*1H3;2*1H;;/q4*-1;;;;. The maximum atomic E-state index is 3.06. The van der Waals surface area contributed by atoms with Crippen LogP contribution in [0.3, 0.4) is 0 Å². The monoisotopic (exact) mass is 850 g/mol. The fourth-order valence-corrected chi connectivity index (χ4v) is 8.52. The minimum atomic E-state index is 0. The molecule has 0 spiro atoms. The van der Waals surface area contributed by atoms with E-state index in [4.69, 9.17) is 0 Å². The van der Waals surface area contributed by atoms with Crippen molar-refractivity contribution in [3.05, 3.63) is 146 Å². The zero-order chi connectivity index (χ0) is 34.9. The molecule has 0 amide bonds. The van der Waals surface area contributed by atoms with Gasteiger partial charge in [-0.2, -0.15) is 12.1 Å². The second-order valence-electron chi connectivity index (χ2n) is 14.8. The summed E-state index contributed by atoms with van der Waals surface area (Å²) in [5.74, 6) is 2.21. The van der Waals surface area contributed by atoms with E-state index < -0.39 is 0 Å². The Morgan fingerprint density at radius 3 is 1.44 bits per heavy atom. The van der Waals surface area contributed by atoms with Crippen LogP contribution < -0.4 is 0 Å². The summed E-state index contributed by atoms with van der Waals surface area (Å²) in [5.41, 5.74) is 11.4. The second-order valence-corrected chi connectivity index (χ2v) is 14.8. The van der Waals surface area contributed by atoms with E-state index in [-0.39, 0.29) is 39.7 Å². The predicted octanol–water partition coefficient (Wildman–Crippen LogP) is 16.0. The van der Waals surface area contributed by atoms with Crippen molar-refractivity contribution in [2.24, 2.45) is 0 Å². The fraction of sp³-hybridized carbons (Fsp3) is 0.360. The molecule has 54 heavy (non-hydrogen) atoms. The molecular weight excluding hydrogens is 791 g/mol. The first kappa shape index (κ1) is 47.9. The Morgan fingerprint density at radius 1 is 0.593 bits per heavy atom. The van der Waals surface area contributed by atoms with E-state index in [1.165, 1.54) is 154 Å². The molecule has 2 radical (unpaired) electrons. The van der Waals surface area contributed by atoms with Crippen molar-refractivity contribution in [3.8, 4) is 22.3 Å². The molecule has 0 N–H and O–H groups in total. The van der Waals surface area contributed by atoms with Gasteiger partial charge in [0.1, 0.15) is 0 Å². The van der Waals surface area contributed by atoms with E-state index in [0.717, 1.165) is 18.3 Å². The molecule has 0 aromatic heterocycles. The van der Waals surface area contributed by atoms with Gasteiger partial charge < -0.3 is 14.9 Å². The quantitative estimate of drug-likeness (QED) is 0.111. The van der Waals surface area contributed by atoms with Crippen LogP contribution in [0, 0.1) is 14.9 Å². The van der Waals surface area contributed by atoms with Crippen LogP contribution in [0.15, 0.2) is 109 Å².